The van der Waals surface area contributed by atoms with E-state index in [0.717, 1.165) is 0 Å². The maximum absolute atomic E-state index is 11.5. The van der Waals surface area contributed by atoms with E-state index >= 15 is 0 Å². The van der Waals surface area contributed by atoms with Gasteiger partial charge in [0.2, 0.25) is 0 Å². The van der Waals surface area contributed by atoms with Crippen LogP contribution in [0, 0.1) is 0 Å². The van der Waals surface area contributed by atoms with Gasteiger partial charge in [0.1, 0.15) is 0 Å². The molecule has 0 heterocycles. The molecule has 1 unspecified atom stereocenters. The molecule has 1 rings (SSSR count). The van der Waals surface area contributed by atoms with E-state index in [1.807, 2.05) is 0 Å². The van der Waals surface area contributed by atoms with E-state index in [2.05, 4.69) is 9.46 Å². The van der Waals surface area contributed by atoms with Gasteiger partial charge in [0.25, 0.3) is 0 Å². The molecule has 7 nitrogen and oxygen atoms in total. The molecule has 0 saturated carbocycles. The summed E-state index contributed by atoms with van der Waals surface area (Å²) in [5.74, 6) is 0. The summed E-state index contributed by atoms with van der Waals surface area (Å²) in [6.45, 7) is 3.24. The van der Waals surface area contributed by atoms with Crippen molar-refractivity contribution in [2.24, 2.45) is 0 Å². The summed E-state index contributed by atoms with van der Waals surface area (Å²) in [5, 5.41) is 9.31. The van der Waals surface area contributed by atoms with Crippen molar-refractivity contribution in [2.45, 2.75) is 20.0 Å². The summed E-state index contributed by atoms with van der Waals surface area (Å²) < 4.78 is 31.4. The van der Waals surface area contributed by atoms with Crippen molar-refractivity contribution < 1.29 is 23.1 Å². The lowest BCUT2D eigenvalue weighted by Gasteiger charge is -2.10. The number of carbonyl (C=O) groups excluding carboxylic acids is 1. The largest absolute Gasteiger partial charge is 0.449 e. The number of hydrogen-bond acceptors (Lipinski definition) is 5. The number of ether oxygens (including phenoxy) is 1. The van der Waals surface area contributed by atoms with Crippen LogP contribution in [0.5, 0.6) is 0 Å². The predicted molar refractivity (Wildman–Crippen MR) is 69.8 cm³/mol. The molecular formula is C11H16N2O5S. The number of benzene rings is 1. The van der Waals surface area contributed by atoms with Crippen molar-refractivity contribution in [3.63, 3.8) is 0 Å². The van der Waals surface area contributed by atoms with Gasteiger partial charge >= 0.3 is 16.3 Å². The molecule has 3 N–H and O–H groups in total. The molecule has 1 aromatic carbocycles. The Hall–Kier alpha value is -1.80. The minimum absolute atomic E-state index is 0.0738. The van der Waals surface area contributed by atoms with Crippen molar-refractivity contribution in [1.29, 1.82) is 0 Å². The third kappa shape index (κ3) is 5.14. The van der Waals surface area contributed by atoms with Gasteiger partial charge in [0, 0.05) is 0 Å². The Morgan fingerprint density at radius 2 is 1.95 bits per heavy atom. The van der Waals surface area contributed by atoms with Crippen molar-refractivity contribution in [3.8, 4) is 0 Å². The van der Waals surface area contributed by atoms with Gasteiger partial charge in [0.15, 0.2) is 0 Å². The first-order valence-electron chi connectivity index (χ1n) is 5.59. The van der Waals surface area contributed by atoms with Crippen LogP contribution in [0.4, 0.5) is 10.5 Å². The maximum atomic E-state index is 11.5. The molecule has 1 atom stereocenters. The standard InChI is InChI=1S/C11H16N2O5S/c1-3-18-11(15)13-19(16,17)12-10-6-4-9(5-7-10)8(2)14/h4-8,12,14H,3H2,1-2H3,(H,13,15). The molecule has 106 valence electrons. The molecule has 0 fully saturated rings. The van der Waals surface area contributed by atoms with Crippen molar-refractivity contribution in [2.75, 3.05) is 11.3 Å². The van der Waals surface area contributed by atoms with Gasteiger partial charge in [0.05, 0.1) is 18.4 Å². The molecule has 0 aliphatic heterocycles. The highest BCUT2D eigenvalue weighted by atomic mass is 32.2. The van der Waals surface area contributed by atoms with Crippen molar-refractivity contribution in [3.05, 3.63) is 29.8 Å². The second-order valence-corrected chi connectivity index (χ2v) is 5.14. The molecule has 19 heavy (non-hydrogen) atoms. The molecule has 0 saturated heterocycles. The molecule has 1 aromatic rings. The summed E-state index contributed by atoms with van der Waals surface area (Å²) in [7, 11) is -4.03. The molecule has 0 aromatic heterocycles. The van der Waals surface area contributed by atoms with Crippen LogP contribution in [0.1, 0.15) is 25.5 Å². The fourth-order valence-electron chi connectivity index (χ4n) is 1.28. The van der Waals surface area contributed by atoms with Crippen LogP contribution in [-0.2, 0) is 14.9 Å². The Labute approximate surface area is 111 Å². The maximum Gasteiger partial charge on any atom is 0.422 e. The van der Waals surface area contributed by atoms with Crippen LogP contribution < -0.4 is 9.44 Å². The summed E-state index contributed by atoms with van der Waals surface area (Å²) in [5.41, 5.74) is 0.919. The molecule has 8 heteroatoms. The van der Waals surface area contributed by atoms with E-state index in [9.17, 15) is 18.3 Å². The molecule has 1 amide bonds. The minimum atomic E-state index is -4.03. The van der Waals surface area contributed by atoms with E-state index in [4.69, 9.17) is 0 Å². The fraction of sp³-hybridized carbons (Fsp3) is 0.364. The molecular weight excluding hydrogens is 272 g/mol. The van der Waals surface area contributed by atoms with Crippen LogP contribution in [0.25, 0.3) is 0 Å². The van der Waals surface area contributed by atoms with Crippen molar-refractivity contribution >= 4 is 22.0 Å². The SMILES string of the molecule is CCOC(=O)NS(=O)(=O)Nc1ccc(C(C)O)cc1. The smallest absolute Gasteiger partial charge is 0.422 e. The normalized spacial score (nSPS) is 12.6. The number of rotatable bonds is 5. The van der Waals surface area contributed by atoms with E-state index in [1.165, 1.54) is 12.1 Å². The first-order chi connectivity index (χ1) is 8.84. The average Bonchev–Trinajstić information content (AvgIpc) is 2.28. The second-order valence-electron chi connectivity index (χ2n) is 3.73. The number of aliphatic hydroxyl groups is 1. The molecule has 0 spiro atoms. The number of anilines is 1. The van der Waals surface area contributed by atoms with Crippen molar-refractivity contribution in [1.82, 2.24) is 4.72 Å². The zero-order chi connectivity index (χ0) is 14.5. The van der Waals surface area contributed by atoms with Gasteiger partial charge in [-0.05, 0) is 31.5 Å². The van der Waals surface area contributed by atoms with E-state index in [-0.39, 0.29) is 12.3 Å². The zero-order valence-corrected chi connectivity index (χ0v) is 11.4. The third-order valence-electron chi connectivity index (χ3n) is 2.14. The molecule has 0 bridgehead atoms. The van der Waals surface area contributed by atoms with Gasteiger partial charge in [-0.15, -0.1) is 0 Å². The van der Waals surface area contributed by atoms with Gasteiger partial charge in [-0.1, -0.05) is 12.1 Å². The Kier molecular flexibility index (Phi) is 5.13. The topological polar surface area (TPSA) is 105 Å². The van der Waals surface area contributed by atoms with Crippen LogP contribution in [0.3, 0.4) is 0 Å². The van der Waals surface area contributed by atoms with Crippen LogP contribution in [-0.4, -0.2) is 26.2 Å². The minimum Gasteiger partial charge on any atom is -0.449 e. The van der Waals surface area contributed by atoms with Crippen LogP contribution >= 0.6 is 0 Å². The summed E-state index contributed by atoms with van der Waals surface area (Å²) >= 11 is 0. The Bertz CT molecular complexity index is 525. The Morgan fingerprint density at radius 1 is 1.37 bits per heavy atom. The van der Waals surface area contributed by atoms with E-state index in [0.29, 0.717) is 5.56 Å². The van der Waals surface area contributed by atoms with E-state index < -0.39 is 22.4 Å². The van der Waals surface area contributed by atoms with Gasteiger partial charge in [-0.2, -0.15) is 8.42 Å². The van der Waals surface area contributed by atoms with Gasteiger partial charge < -0.3 is 9.84 Å². The molecule has 0 aliphatic rings. The highest BCUT2D eigenvalue weighted by molar-refractivity contribution is 7.91. The number of hydrogen-bond donors (Lipinski definition) is 3. The quantitative estimate of drug-likeness (QED) is 0.753. The molecule has 0 aliphatic carbocycles. The lowest BCUT2D eigenvalue weighted by molar-refractivity contribution is 0.159. The Morgan fingerprint density at radius 3 is 2.42 bits per heavy atom. The van der Waals surface area contributed by atoms with Crippen LogP contribution in [0.15, 0.2) is 24.3 Å². The highest BCUT2D eigenvalue weighted by Gasteiger charge is 2.14. The summed E-state index contributed by atoms with van der Waals surface area (Å²) in [4.78, 5) is 11.0. The van der Waals surface area contributed by atoms with Gasteiger partial charge in [-0.3, -0.25) is 4.72 Å². The first kappa shape index (κ1) is 15.3. The monoisotopic (exact) mass is 288 g/mol. The zero-order valence-electron chi connectivity index (χ0n) is 10.6. The number of amides is 1. The highest BCUT2D eigenvalue weighted by Crippen LogP contribution is 2.16. The summed E-state index contributed by atoms with van der Waals surface area (Å²) in [6.07, 6.45) is -1.68. The third-order valence-corrected chi connectivity index (χ3v) is 3.08. The average molecular weight is 288 g/mol. The lowest BCUT2D eigenvalue weighted by Crippen LogP contribution is -2.35. The predicted octanol–water partition coefficient (Wildman–Crippen LogP) is 1.14. The molecule has 0 radical (unpaired) electrons. The van der Waals surface area contributed by atoms with Gasteiger partial charge in [-0.25, -0.2) is 9.52 Å². The second kappa shape index (κ2) is 6.39. The fourth-order valence-corrected chi connectivity index (χ4v) is 2.06. The lowest BCUT2D eigenvalue weighted by atomic mass is 10.1. The van der Waals surface area contributed by atoms with E-state index in [1.54, 1.807) is 30.7 Å². The number of carbonyl (C=O) groups is 1. The number of nitrogens with one attached hydrogen (secondary N) is 2. The summed E-state index contributed by atoms with van der Waals surface area (Å²) in [6, 6.07) is 6.11. The number of aliphatic hydroxyl groups excluding tert-OH is 1. The Balaban J connectivity index is 2.70. The van der Waals surface area contributed by atoms with Crippen LogP contribution in [0.2, 0.25) is 0 Å². The first-order valence-corrected chi connectivity index (χ1v) is 7.07.